The highest BCUT2D eigenvalue weighted by Gasteiger charge is 2.33. The highest BCUT2D eigenvalue weighted by Crippen LogP contribution is 2.31. The fourth-order valence-electron chi connectivity index (χ4n) is 3.34. The predicted molar refractivity (Wildman–Crippen MR) is 113 cm³/mol. The van der Waals surface area contributed by atoms with Crippen LogP contribution in [0.1, 0.15) is 27.3 Å². The minimum atomic E-state index is -4.56. The molecule has 0 saturated heterocycles. The zero-order chi connectivity index (χ0) is 23.8. The maximum absolute atomic E-state index is 13.0. The number of aromatic nitrogens is 5. The molecule has 33 heavy (non-hydrogen) atoms. The fraction of sp³-hybridized carbons (Fsp3) is 0.182. The molecule has 3 aromatic heterocycles. The van der Waals surface area contributed by atoms with E-state index in [0.717, 1.165) is 6.07 Å². The highest BCUT2D eigenvalue weighted by atomic mass is 19.4. The van der Waals surface area contributed by atoms with Gasteiger partial charge in [-0.05, 0) is 55.3 Å². The Morgan fingerprint density at radius 1 is 1.12 bits per heavy atom. The Kier molecular flexibility index (Phi) is 5.62. The minimum absolute atomic E-state index is 0.0360. The monoisotopic (exact) mass is 454 g/mol. The summed E-state index contributed by atoms with van der Waals surface area (Å²) in [5, 5.41) is 6.71. The van der Waals surface area contributed by atoms with Gasteiger partial charge in [0.15, 0.2) is 5.82 Å². The minimum Gasteiger partial charge on any atom is -0.320 e. The van der Waals surface area contributed by atoms with Crippen LogP contribution in [0.2, 0.25) is 0 Å². The van der Waals surface area contributed by atoms with Gasteiger partial charge in [0.2, 0.25) is 0 Å². The first-order chi connectivity index (χ1) is 15.7. The van der Waals surface area contributed by atoms with Gasteiger partial charge in [0, 0.05) is 17.4 Å². The van der Waals surface area contributed by atoms with E-state index in [1.807, 2.05) is 0 Å². The number of hydrogen-bond acceptors (Lipinski definition) is 6. The van der Waals surface area contributed by atoms with Crippen molar-refractivity contribution in [2.45, 2.75) is 26.6 Å². The van der Waals surface area contributed by atoms with Gasteiger partial charge in [-0.2, -0.15) is 18.3 Å². The summed E-state index contributed by atoms with van der Waals surface area (Å²) in [5.41, 5.74) is 1.84. The highest BCUT2D eigenvalue weighted by molar-refractivity contribution is 6.03. The molecule has 3 heterocycles. The summed E-state index contributed by atoms with van der Waals surface area (Å²) in [6, 6.07) is 7.59. The maximum Gasteiger partial charge on any atom is 0.433 e. The van der Waals surface area contributed by atoms with E-state index in [9.17, 15) is 22.8 Å². The topological polar surface area (TPSA) is 103 Å². The number of rotatable bonds is 5. The van der Waals surface area contributed by atoms with Gasteiger partial charge < -0.3 is 10.1 Å². The van der Waals surface area contributed by atoms with E-state index in [1.165, 1.54) is 30.1 Å². The van der Waals surface area contributed by atoms with Crippen LogP contribution in [0.3, 0.4) is 0 Å². The molecule has 4 aromatic rings. The van der Waals surface area contributed by atoms with Crippen molar-refractivity contribution in [1.82, 2.24) is 24.7 Å². The Hall–Kier alpha value is -4.15. The predicted octanol–water partition coefficient (Wildman–Crippen LogP) is 3.98. The normalized spacial score (nSPS) is 11.5. The molecule has 0 fully saturated rings. The number of pyridine rings is 1. The van der Waals surface area contributed by atoms with Gasteiger partial charge in [0.1, 0.15) is 23.2 Å². The van der Waals surface area contributed by atoms with Gasteiger partial charge in [-0.25, -0.2) is 15.0 Å². The van der Waals surface area contributed by atoms with Crippen LogP contribution in [0.4, 0.5) is 18.9 Å². The summed E-state index contributed by atoms with van der Waals surface area (Å²) in [5.74, 6) is -0.105. The van der Waals surface area contributed by atoms with E-state index < -0.39 is 17.8 Å². The Bertz CT molecular complexity index is 1380. The van der Waals surface area contributed by atoms with Crippen molar-refractivity contribution in [3.05, 3.63) is 65.2 Å². The molecule has 1 aromatic carbocycles. The van der Waals surface area contributed by atoms with Crippen molar-refractivity contribution >= 4 is 28.9 Å². The number of amides is 1. The van der Waals surface area contributed by atoms with Crippen LogP contribution in [0, 0.1) is 13.8 Å². The van der Waals surface area contributed by atoms with Gasteiger partial charge in [0.25, 0.3) is 5.91 Å². The smallest absolute Gasteiger partial charge is 0.320 e. The molecule has 1 amide bonds. The zero-order valence-corrected chi connectivity index (χ0v) is 17.5. The van der Waals surface area contributed by atoms with Crippen LogP contribution >= 0.6 is 0 Å². The first-order valence-electron chi connectivity index (χ1n) is 9.77. The number of alkyl halides is 3. The molecule has 1 N–H and O–H groups in total. The second kappa shape index (κ2) is 8.41. The molecule has 0 bridgehead atoms. The molecule has 0 saturated carbocycles. The number of benzene rings is 1. The van der Waals surface area contributed by atoms with Gasteiger partial charge in [0.05, 0.1) is 18.3 Å². The zero-order valence-electron chi connectivity index (χ0n) is 17.5. The van der Waals surface area contributed by atoms with E-state index >= 15 is 0 Å². The molecule has 11 heteroatoms. The molecule has 4 rings (SSSR count). The number of aldehydes is 1. The third-order valence-corrected chi connectivity index (χ3v) is 4.96. The third-order valence-electron chi connectivity index (χ3n) is 4.96. The summed E-state index contributed by atoms with van der Waals surface area (Å²) in [6.07, 6.45) is -1.21. The summed E-state index contributed by atoms with van der Waals surface area (Å²) < 4.78 is 40.3. The molecule has 0 aliphatic heterocycles. The van der Waals surface area contributed by atoms with Crippen molar-refractivity contribution in [2.24, 2.45) is 0 Å². The van der Waals surface area contributed by atoms with Gasteiger partial charge in [-0.3, -0.25) is 9.48 Å². The molecule has 0 atom stereocenters. The van der Waals surface area contributed by atoms with E-state index in [0.29, 0.717) is 40.0 Å². The standard InChI is InChI=1S/C22H17F3N6O2/c1-12-9-14(3-4-15(12)29-21(33)17-5-6-27-31(17)7-8-32)20-26-11-16-19(30-20)13(2)10-18(28-16)22(23,24)25/h3-6,8-11H,7H2,1-2H3,(H,29,33). The summed E-state index contributed by atoms with van der Waals surface area (Å²) in [6.45, 7) is 3.28. The molecular weight excluding hydrogens is 437 g/mol. The van der Waals surface area contributed by atoms with E-state index in [-0.39, 0.29) is 17.8 Å². The number of halogens is 3. The molecule has 8 nitrogen and oxygen atoms in total. The Labute approximate surface area is 185 Å². The molecule has 168 valence electrons. The van der Waals surface area contributed by atoms with E-state index in [4.69, 9.17) is 0 Å². The Morgan fingerprint density at radius 2 is 1.91 bits per heavy atom. The van der Waals surface area contributed by atoms with Crippen molar-refractivity contribution in [3.8, 4) is 11.4 Å². The SMILES string of the molecule is Cc1cc(-c2ncc3nc(C(F)(F)F)cc(C)c3n2)ccc1NC(=O)c1ccnn1CC=O. The molecule has 0 aliphatic rings. The van der Waals surface area contributed by atoms with Gasteiger partial charge in [-0.1, -0.05) is 0 Å². The maximum atomic E-state index is 13.0. The lowest BCUT2D eigenvalue weighted by atomic mass is 10.1. The van der Waals surface area contributed by atoms with E-state index in [1.54, 1.807) is 25.1 Å². The third kappa shape index (κ3) is 4.43. The second-order valence-corrected chi connectivity index (χ2v) is 7.30. The Morgan fingerprint density at radius 3 is 2.61 bits per heavy atom. The second-order valence-electron chi connectivity index (χ2n) is 7.30. The van der Waals surface area contributed by atoms with E-state index in [2.05, 4.69) is 25.4 Å². The summed E-state index contributed by atoms with van der Waals surface area (Å²) in [4.78, 5) is 35.5. The largest absolute Gasteiger partial charge is 0.433 e. The van der Waals surface area contributed by atoms with Gasteiger partial charge in [-0.15, -0.1) is 0 Å². The van der Waals surface area contributed by atoms with Crippen molar-refractivity contribution in [2.75, 3.05) is 5.32 Å². The summed E-state index contributed by atoms with van der Waals surface area (Å²) in [7, 11) is 0. The van der Waals surface area contributed by atoms with Crippen LogP contribution in [0.25, 0.3) is 22.4 Å². The number of anilines is 1. The quantitative estimate of drug-likeness (QED) is 0.458. The van der Waals surface area contributed by atoms with Crippen LogP contribution in [0.5, 0.6) is 0 Å². The number of nitrogens with one attached hydrogen (secondary N) is 1. The van der Waals surface area contributed by atoms with Crippen molar-refractivity contribution in [3.63, 3.8) is 0 Å². The van der Waals surface area contributed by atoms with Crippen molar-refractivity contribution in [1.29, 1.82) is 0 Å². The van der Waals surface area contributed by atoms with Gasteiger partial charge >= 0.3 is 6.18 Å². The molecule has 0 unspecified atom stereocenters. The number of carbonyl (C=O) groups is 2. The fourth-order valence-corrected chi connectivity index (χ4v) is 3.34. The number of hydrogen-bond donors (Lipinski definition) is 1. The van der Waals surface area contributed by atoms with Crippen molar-refractivity contribution < 1.29 is 22.8 Å². The number of fused-ring (bicyclic) bond motifs is 1. The Balaban J connectivity index is 1.62. The summed E-state index contributed by atoms with van der Waals surface area (Å²) >= 11 is 0. The van der Waals surface area contributed by atoms with Crippen LogP contribution in [0.15, 0.2) is 42.7 Å². The average Bonchev–Trinajstić information content (AvgIpc) is 3.23. The molecule has 0 radical (unpaired) electrons. The van der Waals surface area contributed by atoms with Crippen LogP contribution in [-0.2, 0) is 17.5 Å². The molecular formula is C22H17F3N6O2. The lowest BCUT2D eigenvalue weighted by Gasteiger charge is -2.12. The first kappa shape index (κ1) is 22.1. The lowest BCUT2D eigenvalue weighted by Crippen LogP contribution is -2.18. The number of nitrogens with zero attached hydrogens (tertiary/aromatic N) is 5. The molecule has 0 spiro atoms. The van der Waals surface area contributed by atoms with Crippen LogP contribution < -0.4 is 5.32 Å². The van der Waals surface area contributed by atoms with Crippen LogP contribution in [-0.4, -0.2) is 36.9 Å². The lowest BCUT2D eigenvalue weighted by molar-refractivity contribution is -0.141. The number of aryl methyl sites for hydroxylation is 2. The molecule has 0 aliphatic carbocycles. The first-order valence-corrected chi connectivity index (χ1v) is 9.77. The average molecular weight is 454 g/mol. The number of carbonyl (C=O) groups excluding carboxylic acids is 2.